The Bertz CT molecular complexity index is 185. The van der Waals surface area contributed by atoms with E-state index in [0.29, 0.717) is 25.1 Å². The number of carbonyl (C=O) groups excluding carboxylic acids is 2. The molecule has 0 fully saturated rings. The van der Waals surface area contributed by atoms with Gasteiger partial charge in [0, 0.05) is 12.3 Å². The monoisotopic (exact) mass is 206 g/mol. The summed E-state index contributed by atoms with van der Waals surface area (Å²) in [5.41, 5.74) is 5.04. The molecule has 0 spiro atoms. The lowest BCUT2D eigenvalue weighted by atomic mass is 10.2. The highest BCUT2D eigenvalue weighted by Gasteiger charge is 2.14. The van der Waals surface area contributed by atoms with Gasteiger partial charge in [0.05, 0.1) is 0 Å². The molecular weight excluding hydrogens is 192 g/mol. The zero-order valence-corrected chi connectivity index (χ0v) is 8.43. The molecule has 13 heavy (non-hydrogen) atoms. The van der Waals surface area contributed by atoms with Crippen LogP contribution in [0.2, 0.25) is 0 Å². The van der Waals surface area contributed by atoms with Gasteiger partial charge in [-0.25, -0.2) is 0 Å². The van der Waals surface area contributed by atoms with Crippen molar-refractivity contribution >= 4 is 23.4 Å². The Morgan fingerprint density at radius 2 is 2.15 bits per heavy atom. The van der Waals surface area contributed by atoms with E-state index in [1.54, 1.807) is 6.92 Å². The highest BCUT2D eigenvalue weighted by atomic mass is 35.5. The lowest BCUT2D eigenvalue weighted by molar-refractivity contribution is -0.127. The lowest BCUT2D eigenvalue weighted by Crippen LogP contribution is -2.43. The Balaban J connectivity index is 3.80. The highest BCUT2D eigenvalue weighted by molar-refractivity contribution is 6.17. The fourth-order valence-electron chi connectivity index (χ4n) is 0.868. The zero-order valence-electron chi connectivity index (χ0n) is 7.68. The third-order valence-electron chi connectivity index (χ3n) is 1.62. The van der Waals surface area contributed by atoms with Crippen molar-refractivity contribution in [3.8, 4) is 0 Å². The molecule has 0 bridgehead atoms. The van der Waals surface area contributed by atoms with E-state index in [4.69, 9.17) is 17.3 Å². The molecule has 0 aromatic heterocycles. The third-order valence-corrected chi connectivity index (χ3v) is 1.89. The van der Waals surface area contributed by atoms with Crippen LogP contribution in [-0.2, 0) is 9.59 Å². The van der Waals surface area contributed by atoms with E-state index in [2.05, 4.69) is 5.32 Å². The zero-order chi connectivity index (χ0) is 10.3. The second kappa shape index (κ2) is 6.71. The quantitative estimate of drug-likeness (QED) is 0.617. The summed E-state index contributed by atoms with van der Waals surface area (Å²) in [4.78, 5) is 21.8. The normalized spacial score (nSPS) is 12.2. The Morgan fingerprint density at radius 3 is 2.54 bits per heavy atom. The van der Waals surface area contributed by atoms with Crippen molar-refractivity contribution in [3.05, 3.63) is 0 Å². The average molecular weight is 207 g/mol. The molecule has 0 aromatic carbocycles. The van der Waals surface area contributed by atoms with E-state index >= 15 is 0 Å². The molecule has 0 radical (unpaired) electrons. The summed E-state index contributed by atoms with van der Waals surface area (Å²) in [6.07, 6.45) is 1.47. The van der Waals surface area contributed by atoms with Gasteiger partial charge in [0.2, 0.25) is 11.8 Å². The molecule has 0 aliphatic heterocycles. The molecule has 0 aliphatic carbocycles. The summed E-state index contributed by atoms with van der Waals surface area (Å²) in [7, 11) is 0. The summed E-state index contributed by atoms with van der Waals surface area (Å²) in [5.74, 6) is -0.228. The maximum atomic E-state index is 11.1. The first kappa shape index (κ1) is 12.2. The smallest absolute Gasteiger partial charge is 0.239 e. The molecule has 5 heteroatoms. The summed E-state index contributed by atoms with van der Waals surface area (Å²) in [5, 5.41) is 2.53. The van der Waals surface area contributed by atoms with Crippen LogP contribution >= 0.6 is 11.6 Å². The van der Waals surface area contributed by atoms with Gasteiger partial charge in [0.15, 0.2) is 0 Å². The van der Waals surface area contributed by atoms with Crippen molar-refractivity contribution in [3.63, 3.8) is 0 Å². The minimum Gasteiger partial charge on any atom is -0.368 e. The molecule has 0 aliphatic rings. The van der Waals surface area contributed by atoms with Crippen molar-refractivity contribution in [2.75, 3.05) is 5.88 Å². The maximum Gasteiger partial charge on any atom is 0.239 e. The van der Waals surface area contributed by atoms with E-state index in [1.165, 1.54) is 0 Å². The molecule has 1 unspecified atom stereocenters. The highest BCUT2D eigenvalue weighted by Crippen LogP contribution is 1.95. The number of halogens is 1. The molecule has 76 valence electrons. The SMILES string of the molecule is CCC(NC(=O)CCCCl)C(N)=O. The molecule has 4 nitrogen and oxygen atoms in total. The van der Waals surface area contributed by atoms with Gasteiger partial charge in [-0.3, -0.25) is 9.59 Å². The predicted molar refractivity (Wildman–Crippen MR) is 51.4 cm³/mol. The summed E-state index contributed by atoms with van der Waals surface area (Å²) < 4.78 is 0. The van der Waals surface area contributed by atoms with Crippen LogP contribution in [0.1, 0.15) is 26.2 Å². The van der Waals surface area contributed by atoms with Crippen molar-refractivity contribution in [1.82, 2.24) is 5.32 Å². The molecule has 1 atom stereocenters. The van der Waals surface area contributed by atoms with Crippen LogP contribution in [0.3, 0.4) is 0 Å². The molecular formula is C8H15ClN2O2. The Morgan fingerprint density at radius 1 is 1.54 bits per heavy atom. The maximum absolute atomic E-state index is 11.1. The number of alkyl halides is 1. The van der Waals surface area contributed by atoms with Gasteiger partial charge in [-0.1, -0.05) is 6.92 Å². The number of amides is 2. The second-order valence-electron chi connectivity index (χ2n) is 2.72. The van der Waals surface area contributed by atoms with Crippen molar-refractivity contribution in [2.45, 2.75) is 32.2 Å². The van der Waals surface area contributed by atoms with Gasteiger partial charge in [-0.2, -0.15) is 0 Å². The number of rotatable bonds is 6. The minimum absolute atomic E-state index is 0.175. The predicted octanol–water partition coefficient (Wildman–Crippen LogP) is 0.385. The topological polar surface area (TPSA) is 72.2 Å². The summed E-state index contributed by atoms with van der Waals surface area (Å²) >= 11 is 5.41. The summed E-state index contributed by atoms with van der Waals surface area (Å²) in [6.45, 7) is 1.79. The minimum atomic E-state index is -0.553. The molecule has 2 amide bonds. The van der Waals surface area contributed by atoms with Gasteiger partial charge < -0.3 is 11.1 Å². The molecule has 3 N–H and O–H groups in total. The van der Waals surface area contributed by atoms with Gasteiger partial charge in [0.25, 0.3) is 0 Å². The number of hydrogen-bond donors (Lipinski definition) is 2. The van der Waals surface area contributed by atoms with Crippen LogP contribution in [0.25, 0.3) is 0 Å². The van der Waals surface area contributed by atoms with Gasteiger partial charge in [-0.15, -0.1) is 11.6 Å². The van der Waals surface area contributed by atoms with Crippen molar-refractivity contribution in [1.29, 1.82) is 0 Å². The van der Waals surface area contributed by atoms with Crippen LogP contribution in [0.4, 0.5) is 0 Å². The molecule has 0 saturated heterocycles. The number of primary amides is 1. The first-order chi connectivity index (χ1) is 6.11. The molecule has 0 aromatic rings. The number of hydrogen-bond acceptors (Lipinski definition) is 2. The van der Waals surface area contributed by atoms with Crippen LogP contribution in [-0.4, -0.2) is 23.7 Å². The standard InChI is InChI=1S/C8H15ClN2O2/c1-2-6(8(10)13)11-7(12)4-3-5-9/h6H,2-5H2,1H3,(H2,10,13)(H,11,12). The number of nitrogens with two attached hydrogens (primary N) is 1. The number of nitrogens with one attached hydrogen (secondary N) is 1. The van der Waals surface area contributed by atoms with Crippen LogP contribution in [0.5, 0.6) is 0 Å². The van der Waals surface area contributed by atoms with Gasteiger partial charge >= 0.3 is 0 Å². The Labute approximate surface area is 82.8 Å². The van der Waals surface area contributed by atoms with Crippen molar-refractivity contribution < 1.29 is 9.59 Å². The fraction of sp³-hybridized carbons (Fsp3) is 0.750. The summed E-state index contributed by atoms with van der Waals surface area (Å²) in [6, 6.07) is -0.553. The Kier molecular flexibility index (Phi) is 6.32. The van der Waals surface area contributed by atoms with E-state index in [0.717, 1.165) is 0 Å². The van der Waals surface area contributed by atoms with E-state index in [1.807, 2.05) is 0 Å². The van der Waals surface area contributed by atoms with Crippen LogP contribution < -0.4 is 11.1 Å². The first-order valence-electron chi connectivity index (χ1n) is 4.26. The van der Waals surface area contributed by atoms with E-state index < -0.39 is 11.9 Å². The van der Waals surface area contributed by atoms with E-state index in [9.17, 15) is 9.59 Å². The first-order valence-corrected chi connectivity index (χ1v) is 4.79. The van der Waals surface area contributed by atoms with Crippen LogP contribution in [0.15, 0.2) is 0 Å². The Hall–Kier alpha value is -0.770. The lowest BCUT2D eigenvalue weighted by Gasteiger charge is -2.12. The van der Waals surface area contributed by atoms with Gasteiger partial charge in [0.1, 0.15) is 6.04 Å². The molecule has 0 heterocycles. The average Bonchev–Trinajstić information content (AvgIpc) is 2.10. The molecule has 0 rings (SSSR count). The fourth-order valence-corrected chi connectivity index (χ4v) is 1.00. The third kappa shape index (κ3) is 5.47. The van der Waals surface area contributed by atoms with Crippen LogP contribution in [0, 0.1) is 0 Å². The molecule has 0 saturated carbocycles. The van der Waals surface area contributed by atoms with Gasteiger partial charge in [-0.05, 0) is 12.8 Å². The second-order valence-corrected chi connectivity index (χ2v) is 3.10. The van der Waals surface area contributed by atoms with E-state index in [-0.39, 0.29) is 5.91 Å². The van der Waals surface area contributed by atoms with Crippen molar-refractivity contribution in [2.24, 2.45) is 5.73 Å². The largest absolute Gasteiger partial charge is 0.368 e. The number of carbonyl (C=O) groups is 2.